The maximum atomic E-state index is 13.2. The van der Waals surface area contributed by atoms with Gasteiger partial charge >= 0.3 is 5.97 Å². The van der Waals surface area contributed by atoms with Gasteiger partial charge in [0.05, 0.1) is 30.1 Å². The summed E-state index contributed by atoms with van der Waals surface area (Å²) in [4.78, 5) is 28.4. The Kier molecular flexibility index (Phi) is 5.50. The number of aliphatic hydroxyl groups is 1. The Bertz CT molecular complexity index is 1080. The average Bonchev–Trinajstić information content (AvgIpc) is 3.61. The minimum Gasteiger partial charge on any atom is -0.477 e. The third-order valence-electron chi connectivity index (χ3n) is 9.98. The van der Waals surface area contributed by atoms with Crippen LogP contribution in [0.5, 0.6) is 11.5 Å². The van der Waals surface area contributed by atoms with E-state index in [2.05, 4.69) is 4.90 Å². The highest BCUT2D eigenvalue weighted by Crippen LogP contribution is 2.65. The predicted molar refractivity (Wildman–Crippen MR) is 131 cm³/mol. The molecule has 3 saturated carbocycles. The van der Waals surface area contributed by atoms with E-state index in [4.69, 9.17) is 14.2 Å². The molecular weight excluding hydrogens is 458 g/mol. The number of ether oxygens (including phenoxy) is 3. The fourth-order valence-electron chi connectivity index (χ4n) is 8.05. The quantitative estimate of drug-likeness (QED) is 0.458. The van der Waals surface area contributed by atoms with Gasteiger partial charge in [-0.05, 0) is 69.0 Å². The number of ketones is 1. The van der Waals surface area contributed by atoms with Gasteiger partial charge in [0.15, 0.2) is 23.4 Å². The van der Waals surface area contributed by atoms with Gasteiger partial charge in [0.2, 0.25) is 0 Å². The Morgan fingerprint density at radius 3 is 2.78 bits per heavy atom. The van der Waals surface area contributed by atoms with Crippen LogP contribution in [-0.2, 0) is 26.2 Å². The smallest absolute Gasteiger partial charge is 0.313 e. The van der Waals surface area contributed by atoms with E-state index in [0.717, 1.165) is 49.4 Å². The Balaban J connectivity index is 1.16. The maximum absolute atomic E-state index is 13.2. The number of benzene rings is 1. The number of carbonyl (C=O) groups is 2. The zero-order chi connectivity index (χ0) is 24.5. The van der Waals surface area contributed by atoms with Gasteiger partial charge in [0.1, 0.15) is 0 Å². The second-order valence-corrected chi connectivity index (χ2v) is 12.0. The number of likely N-dealkylation sites (tertiary alicyclic amines) is 1. The molecule has 1 N–H and O–H groups in total. The van der Waals surface area contributed by atoms with Gasteiger partial charge in [-0.25, -0.2) is 0 Å². The summed E-state index contributed by atoms with van der Waals surface area (Å²) in [5.74, 6) is 1.31. The number of carbonyl (C=O) groups excluding carboxylic acids is 2. The van der Waals surface area contributed by atoms with Gasteiger partial charge in [-0.2, -0.15) is 0 Å². The molecule has 1 aromatic carbocycles. The molecule has 4 fully saturated rings. The van der Waals surface area contributed by atoms with Crippen molar-refractivity contribution in [2.75, 3.05) is 19.7 Å². The number of esters is 1. The molecule has 36 heavy (non-hydrogen) atoms. The van der Waals surface area contributed by atoms with Crippen molar-refractivity contribution >= 4 is 11.8 Å². The first kappa shape index (κ1) is 23.2. The van der Waals surface area contributed by atoms with Crippen molar-refractivity contribution in [1.82, 2.24) is 4.90 Å². The van der Waals surface area contributed by atoms with Crippen molar-refractivity contribution in [2.24, 2.45) is 5.92 Å². The maximum Gasteiger partial charge on any atom is 0.313 e. The summed E-state index contributed by atoms with van der Waals surface area (Å²) in [6.07, 6.45) is 10.3. The van der Waals surface area contributed by atoms with Gasteiger partial charge < -0.3 is 19.3 Å². The fraction of sp³-hybridized carbons (Fsp3) is 0.724. The minimum atomic E-state index is -1.01. The standard InChI is InChI=1S/C29H37NO6/c31-21-10-12-29(33)23-16-19-8-9-22(35-24(32)11-15-34-20-4-2-1-3-5-20)26-25(19)28(29,27(21)36-26)13-14-30(23)17-18-6-7-18/h8-9,18,20,23,27,33H,1-7,10-17H2/t23-,27+,28+,29-/m1/s1. The first-order chi connectivity index (χ1) is 17.5. The second-order valence-electron chi connectivity index (χ2n) is 12.0. The van der Waals surface area contributed by atoms with Gasteiger partial charge in [0.25, 0.3) is 0 Å². The number of piperidine rings is 1. The van der Waals surface area contributed by atoms with E-state index < -0.39 is 17.1 Å². The van der Waals surface area contributed by atoms with Crippen LogP contribution in [0.25, 0.3) is 0 Å². The highest BCUT2D eigenvalue weighted by atomic mass is 16.6. The number of hydrogen-bond acceptors (Lipinski definition) is 7. The molecule has 4 atom stereocenters. The summed E-state index contributed by atoms with van der Waals surface area (Å²) in [5, 5.41) is 12.3. The Hall–Kier alpha value is -1.96. The van der Waals surface area contributed by atoms with Crippen LogP contribution < -0.4 is 9.47 Å². The molecule has 6 aliphatic rings. The summed E-state index contributed by atoms with van der Waals surface area (Å²) < 4.78 is 18.1. The lowest BCUT2D eigenvalue weighted by atomic mass is 9.49. The van der Waals surface area contributed by atoms with Crippen LogP contribution in [-0.4, -0.2) is 65.3 Å². The SMILES string of the molecule is O=C(CCOC1CCCCC1)Oc1ccc2c3c1O[C@H]1C(=O)CC[C@@]4(O)[C@@H](C2)N(CC2CC2)CC[C@]314. The summed E-state index contributed by atoms with van der Waals surface area (Å²) in [7, 11) is 0. The van der Waals surface area contributed by atoms with Crippen LogP contribution >= 0.6 is 0 Å². The number of Topliss-reactive ketones (excluding diaryl/α,β-unsaturated/α-hetero) is 1. The van der Waals surface area contributed by atoms with E-state index in [9.17, 15) is 14.7 Å². The molecule has 4 aliphatic carbocycles. The Labute approximate surface area is 212 Å². The molecule has 0 radical (unpaired) electrons. The van der Waals surface area contributed by atoms with Crippen molar-refractivity contribution in [1.29, 1.82) is 0 Å². The zero-order valence-electron chi connectivity index (χ0n) is 21.0. The van der Waals surface area contributed by atoms with E-state index >= 15 is 0 Å². The summed E-state index contributed by atoms with van der Waals surface area (Å²) >= 11 is 0. The van der Waals surface area contributed by atoms with E-state index in [1.807, 2.05) is 12.1 Å². The summed E-state index contributed by atoms with van der Waals surface area (Å²) in [5.41, 5.74) is 0.294. The molecule has 7 rings (SSSR count). The molecule has 2 heterocycles. The molecule has 0 amide bonds. The van der Waals surface area contributed by atoms with Crippen molar-refractivity contribution < 1.29 is 28.9 Å². The normalized spacial score (nSPS) is 35.3. The molecular formula is C29H37NO6. The van der Waals surface area contributed by atoms with Crippen molar-refractivity contribution in [2.45, 2.75) is 106 Å². The lowest BCUT2D eigenvalue weighted by Gasteiger charge is -2.62. The molecule has 1 aromatic rings. The zero-order valence-corrected chi connectivity index (χ0v) is 21.0. The number of nitrogens with zero attached hydrogens (tertiary/aromatic N) is 1. The lowest BCUT2D eigenvalue weighted by Crippen LogP contribution is -2.76. The minimum absolute atomic E-state index is 0.00478. The van der Waals surface area contributed by atoms with E-state index in [1.165, 1.54) is 32.1 Å². The third kappa shape index (κ3) is 3.42. The van der Waals surface area contributed by atoms with Crippen molar-refractivity contribution in [3.05, 3.63) is 23.3 Å². The largest absolute Gasteiger partial charge is 0.477 e. The summed E-state index contributed by atoms with van der Waals surface area (Å²) in [6, 6.07) is 3.84. The molecule has 1 saturated heterocycles. The van der Waals surface area contributed by atoms with Gasteiger partial charge in [-0.3, -0.25) is 14.5 Å². The van der Waals surface area contributed by atoms with Gasteiger partial charge in [-0.15, -0.1) is 0 Å². The van der Waals surface area contributed by atoms with Gasteiger partial charge in [0, 0.05) is 24.6 Å². The fourth-order valence-corrected chi connectivity index (χ4v) is 8.05. The Morgan fingerprint density at radius 1 is 1.14 bits per heavy atom. The second kappa shape index (κ2) is 8.53. The molecule has 2 aliphatic heterocycles. The Morgan fingerprint density at radius 2 is 1.97 bits per heavy atom. The van der Waals surface area contributed by atoms with Gasteiger partial charge in [-0.1, -0.05) is 25.3 Å². The topological polar surface area (TPSA) is 85.3 Å². The van der Waals surface area contributed by atoms with Crippen LogP contribution in [0.1, 0.15) is 81.8 Å². The first-order valence-electron chi connectivity index (χ1n) is 14.1. The lowest BCUT2D eigenvalue weighted by molar-refractivity contribution is -0.188. The third-order valence-corrected chi connectivity index (χ3v) is 9.98. The molecule has 0 unspecified atom stereocenters. The molecule has 2 bridgehead atoms. The van der Waals surface area contributed by atoms with E-state index in [0.29, 0.717) is 37.4 Å². The first-order valence-corrected chi connectivity index (χ1v) is 14.1. The monoisotopic (exact) mass is 495 g/mol. The highest BCUT2D eigenvalue weighted by Gasteiger charge is 2.73. The van der Waals surface area contributed by atoms with Crippen LogP contribution in [0.4, 0.5) is 0 Å². The summed E-state index contributed by atoms with van der Waals surface area (Å²) in [6.45, 7) is 2.25. The van der Waals surface area contributed by atoms with E-state index in [-0.39, 0.29) is 30.3 Å². The van der Waals surface area contributed by atoms with Crippen LogP contribution in [0.3, 0.4) is 0 Å². The molecule has 7 nitrogen and oxygen atoms in total. The van der Waals surface area contributed by atoms with Crippen LogP contribution in [0.2, 0.25) is 0 Å². The van der Waals surface area contributed by atoms with Crippen LogP contribution in [0, 0.1) is 5.92 Å². The molecule has 0 aromatic heterocycles. The molecule has 7 heteroatoms. The number of rotatable bonds is 7. The number of hydrogen-bond donors (Lipinski definition) is 1. The van der Waals surface area contributed by atoms with Crippen molar-refractivity contribution in [3.63, 3.8) is 0 Å². The highest BCUT2D eigenvalue weighted by molar-refractivity contribution is 5.90. The van der Waals surface area contributed by atoms with E-state index in [1.54, 1.807) is 0 Å². The molecule has 194 valence electrons. The predicted octanol–water partition coefficient (Wildman–Crippen LogP) is 3.46. The van der Waals surface area contributed by atoms with Crippen LogP contribution in [0.15, 0.2) is 12.1 Å². The van der Waals surface area contributed by atoms with Crippen molar-refractivity contribution in [3.8, 4) is 11.5 Å². The average molecular weight is 496 g/mol. The molecule has 1 spiro atoms.